The van der Waals surface area contributed by atoms with Crippen molar-refractivity contribution < 1.29 is 13.9 Å². The van der Waals surface area contributed by atoms with E-state index in [0.29, 0.717) is 22.9 Å². The normalized spacial score (nSPS) is 10.3. The number of carbonyl (C=O) groups excluding carboxylic acids is 1. The maximum Gasteiger partial charge on any atom is 0.231 e. The van der Waals surface area contributed by atoms with Gasteiger partial charge in [0.1, 0.15) is 23.7 Å². The Labute approximate surface area is 155 Å². The van der Waals surface area contributed by atoms with E-state index in [-0.39, 0.29) is 18.1 Å². The number of anilines is 2. The van der Waals surface area contributed by atoms with Gasteiger partial charge in [-0.1, -0.05) is 30.9 Å². The highest BCUT2D eigenvalue weighted by Crippen LogP contribution is 2.26. The van der Waals surface area contributed by atoms with Gasteiger partial charge < -0.3 is 15.8 Å². The highest BCUT2D eigenvalue weighted by molar-refractivity contribution is 5.92. The number of hydrogen-bond acceptors (Lipinski definition) is 5. The van der Waals surface area contributed by atoms with Crippen LogP contribution in [0.15, 0.2) is 61.4 Å². The molecule has 1 aromatic heterocycles. The second-order valence-corrected chi connectivity index (χ2v) is 5.66. The van der Waals surface area contributed by atoms with Gasteiger partial charge >= 0.3 is 0 Å². The van der Waals surface area contributed by atoms with Crippen molar-refractivity contribution in [2.75, 3.05) is 11.1 Å². The van der Waals surface area contributed by atoms with Crippen LogP contribution in [-0.2, 0) is 11.2 Å². The van der Waals surface area contributed by atoms with Crippen LogP contribution in [0.4, 0.5) is 15.9 Å². The maximum absolute atomic E-state index is 13.2. The first-order chi connectivity index (χ1) is 13.0. The van der Waals surface area contributed by atoms with Crippen molar-refractivity contribution in [3.8, 4) is 11.6 Å². The number of nitrogen functional groups attached to an aromatic ring is 1. The van der Waals surface area contributed by atoms with Crippen molar-refractivity contribution >= 4 is 23.5 Å². The van der Waals surface area contributed by atoms with Gasteiger partial charge in [-0.05, 0) is 35.9 Å². The summed E-state index contributed by atoms with van der Waals surface area (Å²) < 4.78 is 18.9. The van der Waals surface area contributed by atoms with Crippen LogP contribution in [0.3, 0.4) is 0 Å². The molecule has 1 amide bonds. The summed E-state index contributed by atoms with van der Waals surface area (Å²) in [6.07, 6.45) is 2.98. The fraction of sp³-hybridized carbons (Fsp3) is 0.0500. The quantitative estimate of drug-likeness (QED) is 0.694. The molecule has 0 spiro atoms. The summed E-state index contributed by atoms with van der Waals surface area (Å²) in [4.78, 5) is 20.0. The van der Waals surface area contributed by atoms with Gasteiger partial charge in [0.15, 0.2) is 0 Å². The Hall–Kier alpha value is -3.74. The average Bonchev–Trinajstić information content (AvgIpc) is 2.63. The first kappa shape index (κ1) is 18.1. The molecule has 0 bridgehead atoms. The third-order valence-electron chi connectivity index (χ3n) is 3.69. The van der Waals surface area contributed by atoms with Gasteiger partial charge in [0, 0.05) is 5.69 Å². The van der Waals surface area contributed by atoms with Gasteiger partial charge in [0.05, 0.1) is 12.0 Å². The third kappa shape index (κ3) is 4.66. The molecule has 0 aliphatic heterocycles. The Kier molecular flexibility index (Phi) is 5.41. The van der Waals surface area contributed by atoms with Crippen molar-refractivity contribution in [3.05, 3.63) is 78.4 Å². The number of benzene rings is 2. The Bertz CT molecular complexity index is 974. The van der Waals surface area contributed by atoms with Gasteiger partial charge in [0.25, 0.3) is 0 Å². The van der Waals surface area contributed by atoms with E-state index in [2.05, 4.69) is 21.9 Å². The first-order valence-electron chi connectivity index (χ1n) is 8.10. The first-order valence-corrected chi connectivity index (χ1v) is 8.10. The smallest absolute Gasteiger partial charge is 0.231 e. The summed E-state index contributed by atoms with van der Waals surface area (Å²) >= 11 is 0. The Balaban J connectivity index is 1.64. The molecule has 7 heteroatoms. The minimum Gasteiger partial charge on any atom is -0.438 e. The van der Waals surface area contributed by atoms with E-state index in [4.69, 9.17) is 10.5 Å². The number of halogens is 1. The van der Waals surface area contributed by atoms with E-state index >= 15 is 0 Å². The number of amides is 1. The van der Waals surface area contributed by atoms with Crippen LogP contribution in [0.2, 0.25) is 0 Å². The second kappa shape index (κ2) is 8.09. The number of ether oxygens (including phenoxy) is 1. The monoisotopic (exact) mass is 364 g/mol. The van der Waals surface area contributed by atoms with E-state index in [1.165, 1.54) is 30.6 Å². The Morgan fingerprint density at radius 3 is 2.70 bits per heavy atom. The zero-order valence-corrected chi connectivity index (χ0v) is 14.4. The number of nitrogens with one attached hydrogen (secondary N) is 1. The van der Waals surface area contributed by atoms with Crippen molar-refractivity contribution in [1.29, 1.82) is 0 Å². The van der Waals surface area contributed by atoms with Crippen molar-refractivity contribution in [3.63, 3.8) is 0 Å². The predicted molar refractivity (Wildman–Crippen MR) is 102 cm³/mol. The lowest BCUT2D eigenvalue weighted by Crippen LogP contribution is -2.14. The van der Waals surface area contributed by atoms with E-state index < -0.39 is 5.82 Å². The average molecular weight is 364 g/mol. The second-order valence-electron chi connectivity index (χ2n) is 5.66. The number of aromatic nitrogens is 2. The standard InChI is InChI=1S/C20H17FN4O2/c1-2-17-19(22)23-12-24-20(17)27-16-8-6-13(7-9-16)10-18(26)25-15-5-3-4-14(21)11-15/h2-9,11-12H,1,10H2,(H,25,26)(H2,22,23,24). The number of hydrogen-bond donors (Lipinski definition) is 2. The van der Waals surface area contributed by atoms with E-state index in [9.17, 15) is 9.18 Å². The van der Waals surface area contributed by atoms with Crippen LogP contribution in [0.25, 0.3) is 6.08 Å². The van der Waals surface area contributed by atoms with E-state index in [1.54, 1.807) is 30.3 Å². The SMILES string of the molecule is C=Cc1c(N)ncnc1Oc1ccc(CC(=O)Nc2cccc(F)c2)cc1. The molecule has 0 saturated carbocycles. The molecule has 3 N–H and O–H groups in total. The Morgan fingerprint density at radius 1 is 1.22 bits per heavy atom. The molecule has 3 aromatic rings. The topological polar surface area (TPSA) is 90.1 Å². The molecule has 0 radical (unpaired) electrons. The zero-order valence-electron chi connectivity index (χ0n) is 14.4. The van der Waals surface area contributed by atoms with Crippen molar-refractivity contribution in [1.82, 2.24) is 9.97 Å². The van der Waals surface area contributed by atoms with Gasteiger partial charge in [-0.15, -0.1) is 0 Å². The molecule has 27 heavy (non-hydrogen) atoms. The zero-order chi connectivity index (χ0) is 19.2. The molecule has 0 atom stereocenters. The summed E-state index contributed by atoms with van der Waals surface area (Å²) in [6, 6.07) is 12.7. The number of carbonyl (C=O) groups is 1. The summed E-state index contributed by atoms with van der Waals surface area (Å²) in [6.45, 7) is 3.67. The molecule has 136 valence electrons. The third-order valence-corrected chi connectivity index (χ3v) is 3.69. The molecule has 0 saturated heterocycles. The van der Waals surface area contributed by atoms with Crippen LogP contribution >= 0.6 is 0 Å². The molecule has 0 aliphatic rings. The van der Waals surface area contributed by atoms with Crippen LogP contribution in [-0.4, -0.2) is 15.9 Å². The molecule has 3 rings (SSSR count). The van der Waals surface area contributed by atoms with Crippen molar-refractivity contribution in [2.24, 2.45) is 0 Å². The lowest BCUT2D eigenvalue weighted by molar-refractivity contribution is -0.115. The summed E-state index contributed by atoms with van der Waals surface area (Å²) in [7, 11) is 0. The highest BCUT2D eigenvalue weighted by atomic mass is 19.1. The van der Waals surface area contributed by atoms with E-state index in [0.717, 1.165) is 5.56 Å². The molecule has 6 nitrogen and oxygen atoms in total. The molecule has 0 fully saturated rings. The summed E-state index contributed by atoms with van der Waals surface area (Å²) in [5, 5.41) is 2.65. The Morgan fingerprint density at radius 2 is 2.00 bits per heavy atom. The lowest BCUT2D eigenvalue weighted by atomic mass is 10.1. The minimum absolute atomic E-state index is 0.148. The fourth-order valence-electron chi connectivity index (χ4n) is 2.41. The molecule has 1 heterocycles. The fourth-order valence-corrected chi connectivity index (χ4v) is 2.41. The number of nitrogens with two attached hydrogens (primary N) is 1. The summed E-state index contributed by atoms with van der Waals surface area (Å²) in [5.41, 5.74) is 7.47. The molecule has 0 unspecified atom stereocenters. The molecule has 2 aromatic carbocycles. The predicted octanol–water partition coefficient (Wildman–Crippen LogP) is 3.81. The molecule has 0 aliphatic carbocycles. The largest absolute Gasteiger partial charge is 0.438 e. The molecular formula is C20H17FN4O2. The molecular weight excluding hydrogens is 347 g/mol. The number of nitrogens with zero attached hydrogens (tertiary/aromatic N) is 2. The van der Waals surface area contributed by atoms with Gasteiger partial charge in [-0.25, -0.2) is 14.4 Å². The number of rotatable bonds is 6. The van der Waals surface area contributed by atoms with Crippen LogP contribution in [0, 0.1) is 5.82 Å². The van der Waals surface area contributed by atoms with E-state index in [1.807, 2.05) is 0 Å². The lowest BCUT2D eigenvalue weighted by Gasteiger charge is -2.09. The van der Waals surface area contributed by atoms with Gasteiger partial charge in [0.2, 0.25) is 11.8 Å². The van der Waals surface area contributed by atoms with Crippen LogP contribution in [0.5, 0.6) is 11.6 Å². The van der Waals surface area contributed by atoms with Gasteiger partial charge in [-0.2, -0.15) is 0 Å². The minimum atomic E-state index is -0.404. The van der Waals surface area contributed by atoms with Gasteiger partial charge in [-0.3, -0.25) is 4.79 Å². The van der Waals surface area contributed by atoms with Crippen LogP contribution < -0.4 is 15.8 Å². The van der Waals surface area contributed by atoms with Crippen LogP contribution in [0.1, 0.15) is 11.1 Å². The maximum atomic E-state index is 13.2. The highest BCUT2D eigenvalue weighted by Gasteiger charge is 2.09. The van der Waals surface area contributed by atoms with Crippen molar-refractivity contribution in [2.45, 2.75) is 6.42 Å². The summed E-state index contributed by atoms with van der Waals surface area (Å²) in [5.74, 6) is 0.463.